The number of nitrogens with one attached hydrogen (secondary N) is 1. The maximum absolute atomic E-state index is 11.6. The number of halogens is 1. The molecular formula is C14H17ClN4O2. The Hall–Kier alpha value is -1.92. The fraction of sp³-hybridized carbons (Fsp3) is 0.357. The van der Waals surface area contributed by atoms with Crippen LogP contribution in [0.3, 0.4) is 0 Å². The predicted octanol–water partition coefficient (Wildman–Crippen LogP) is 1.79. The monoisotopic (exact) mass is 308 g/mol. The van der Waals surface area contributed by atoms with Gasteiger partial charge in [-0.25, -0.2) is 0 Å². The van der Waals surface area contributed by atoms with E-state index in [1.807, 2.05) is 12.1 Å². The van der Waals surface area contributed by atoms with Crippen LogP contribution >= 0.6 is 11.6 Å². The summed E-state index contributed by atoms with van der Waals surface area (Å²) in [7, 11) is 0. The molecule has 1 amide bonds. The van der Waals surface area contributed by atoms with Crippen LogP contribution < -0.4 is 11.1 Å². The average Bonchev–Trinajstić information content (AvgIpc) is 2.87. The largest absolute Gasteiger partial charge is 0.354 e. The van der Waals surface area contributed by atoms with Gasteiger partial charge in [0.1, 0.15) is 0 Å². The van der Waals surface area contributed by atoms with Gasteiger partial charge < -0.3 is 15.6 Å². The highest BCUT2D eigenvalue weighted by Gasteiger charge is 2.21. The van der Waals surface area contributed by atoms with Crippen molar-refractivity contribution in [1.29, 1.82) is 0 Å². The van der Waals surface area contributed by atoms with Crippen molar-refractivity contribution in [3.8, 4) is 11.4 Å². The summed E-state index contributed by atoms with van der Waals surface area (Å²) in [6.07, 6.45) is 0.447. The van der Waals surface area contributed by atoms with E-state index < -0.39 is 5.54 Å². The molecule has 7 heteroatoms. The van der Waals surface area contributed by atoms with Crippen LogP contribution in [0.5, 0.6) is 0 Å². The Bertz CT molecular complexity index is 617. The van der Waals surface area contributed by atoms with Crippen LogP contribution in [0, 0.1) is 0 Å². The SMILES string of the molecule is CC(C)(N)C(=O)NCCc1nc(-c2ccc(Cl)cc2)no1. The zero-order valence-electron chi connectivity index (χ0n) is 11.9. The van der Waals surface area contributed by atoms with Gasteiger partial charge in [0.05, 0.1) is 5.54 Å². The highest BCUT2D eigenvalue weighted by Crippen LogP contribution is 2.18. The van der Waals surface area contributed by atoms with Gasteiger partial charge in [0.15, 0.2) is 0 Å². The van der Waals surface area contributed by atoms with Gasteiger partial charge in [-0.2, -0.15) is 4.98 Å². The third kappa shape index (κ3) is 4.27. The summed E-state index contributed by atoms with van der Waals surface area (Å²) in [5, 5.41) is 7.26. The summed E-state index contributed by atoms with van der Waals surface area (Å²) in [4.78, 5) is 15.9. The number of nitrogens with zero attached hydrogens (tertiary/aromatic N) is 2. The van der Waals surface area contributed by atoms with Gasteiger partial charge in [0, 0.05) is 23.6 Å². The smallest absolute Gasteiger partial charge is 0.239 e. The van der Waals surface area contributed by atoms with Crippen molar-refractivity contribution in [3.63, 3.8) is 0 Å². The number of carbonyl (C=O) groups excluding carboxylic acids is 1. The number of hydrogen-bond donors (Lipinski definition) is 2. The third-order valence-electron chi connectivity index (χ3n) is 2.78. The lowest BCUT2D eigenvalue weighted by Crippen LogP contribution is -2.49. The van der Waals surface area contributed by atoms with Gasteiger partial charge in [-0.1, -0.05) is 16.8 Å². The van der Waals surface area contributed by atoms with Gasteiger partial charge in [-0.15, -0.1) is 0 Å². The number of nitrogens with two attached hydrogens (primary N) is 1. The van der Waals surface area contributed by atoms with Crippen LogP contribution in [-0.2, 0) is 11.2 Å². The van der Waals surface area contributed by atoms with E-state index in [-0.39, 0.29) is 5.91 Å². The molecule has 0 fully saturated rings. The second-order valence-electron chi connectivity index (χ2n) is 5.25. The Morgan fingerprint density at radius 1 is 1.38 bits per heavy atom. The quantitative estimate of drug-likeness (QED) is 0.878. The van der Waals surface area contributed by atoms with Crippen molar-refractivity contribution in [2.45, 2.75) is 25.8 Å². The normalized spacial score (nSPS) is 11.4. The van der Waals surface area contributed by atoms with Crippen molar-refractivity contribution in [3.05, 3.63) is 35.2 Å². The summed E-state index contributed by atoms with van der Waals surface area (Å²) < 4.78 is 5.14. The highest BCUT2D eigenvalue weighted by atomic mass is 35.5. The van der Waals surface area contributed by atoms with E-state index in [4.69, 9.17) is 21.9 Å². The molecule has 0 aliphatic carbocycles. The fourth-order valence-electron chi connectivity index (χ4n) is 1.58. The summed E-state index contributed by atoms with van der Waals surface area (Å²) in [5.74, 6) is 0.724. The Kier molecular flexibility index (Phi) is 4.59. The molecule has 112 valence electrons. The third-order valence-corrected chi connectivity index (χ3v) is 3.03. The Labute approximate surface area is 127 Å². The Balaban J connectivity index is 1.92. The summed E-state index contributed by atoms with van der Waals surface area (Å²) in [5.41, 5.74) is 5.60. The van der Waals surface area contributed by atoms with E-state index in [2.05, 4.69) is 15.5 Å². The molecule has 3 N–H and O–H groups in total. The zero-order chi connectivity index (χ0) is 15.5. The number of rotatable bonds is 5. The summed E-state index contributed by atoms with van der Waals surface area (Å²) >= 11 is 5.82. The first-order valence-electron chi connectivity index (χ1n) is 6.52. The maximum Gasteiger partial charge on any atom is 0.239 e. The molecule has 0 unspecified atom stereocenters. The lowest BCUT2D eigenvalue weighted by atomic mass is 10.1. The number of carbonyl (C=O) groups is 1. The first kappa shape index (κ1) is 15.5. The molecule has 21 heavy (non-hydrogen) atoms. The maximum atomic E-state index is 11.6. The first-order chi connectivity index (χ1) is 9.86. The van der Waals surface area contributed by atoms with Crippen molar-refractivity contribution in [2.24, 2.45) is 5.73 Å². The molecular weight excluding hydrogens is 292 g/mol. The minimum atomic E-state index is -0.899. The van der Waals surface area contributed by atoms with Crippen LogP contribution in [0.25, 0.3) is 11.4 Å². The molecule has 0 bridgehead atoms. The van der Waals surface area contributed by atoms with E-state index in [0.717, 1.165) is 5.56 Å². The fourth-order valence-corrected chi connectivity index (χ4v) is 1.71. The molecule has 0 saturated carbocycles. The number of aromatic nitrogens is 2. The van der Waals surface area contributed by atoms with Crippen LogP contribution in [0.1, 0.15) is 19.7 Å². The Morgan fingerprint density at radius 3 is 2.67 bits per heavy atom. The van der Waals surface area contributed by atoms with Crippen molar-refractivity contribution < 1.29 is 9.32 Å². The van der Waals surface area contributed by atoms with Crippen LogP contribution in [0.4, 0.5) is 0 Å². The molecule has 1 aromatic carbocycles. The van der Waals surface area contributed by atoms with E-state index in [0.29, 0.717) is 29.7 Å². The molecule has 0 radical (unpaired) electrons. The molecule has 6 nitrogen and oxygen atoms in total. The van der Waals surface area contributed by atoms with Gasteiger partial charge >= 0.3 is 0 Å². The lowest BCUT2D eigenvalue weighted by molar-refractivity contribution is -0.125. The van der Waals surface area contributed by atoms with Gasteiger partial charge in [0.25, 0.3) is 0 Å². The molecule has 0 aliphatic heterocycles. The van der Waals surface area contributed by atoms with Gasteiger partial charge in [-0.05, 0) is 38.1 Å². The molecule has 0 aliphatic rings. The lowest BCUT2D eigenvalue weighted by Gasteiger charge is -2.17. The van der Waals surface area contributed by atoms with Crippen LogP contribution in [0.2, 0.25) is 5.02 Å². The number of benzene rings is 1. The van der Waals surface area contributed by atoms with Crippen molar-refractivity contribution >= 4 is 17.5 Å². The molecule has 0 spiro atoms. The number of amides is 1. The highest BCUT2D eigenvalue weighted by molar-refractivity contribution is 6.30. The molecule has 0 atom stereocenters. The topological polar surface area (TPSA) is 94.0 Å². The second kappa shape index (κ2) is 6.24. The van der Waals surface area contributed by atoms with Crippen molar-refractivity contribution in [1.82, 2.24) is 15.5 Å². The average molecular weight is 309 g/mol. The summed E-state index contributed by atoms with van der Waals surface area (Å²) in [6, 6.07) is 7.15. The first-order valence-corrected chi connectivity index (χ1v) is 6.90. The van der Waals surface area contributed by atoms with Gasteiger partial charge in [0.2, 0.25) is 17.6 Å². The van der Waals surface area contributed by atoms with E-state index in [1.54, 1.807) is 26.0 Å². The molecule has 1 aromatic heterocycles. The van der Waals surface area contributed by atoms with E-state index in [9.17, 15) is 4.79 Å². The van der Waals surface area contributed by atoms with E-state index in [1.165, 1.54) is 0 Å². The second-order valence-corrected chi connectivity index (χ2v) is 5.68. The standard InChI is InChI=1S/C14H17ClN4O2/c1-14(2,16)13(20)17-8-7-11-18-12(19-21-11)9-3-5-10(15)6-4-9/h3-6H,7-8,16H2,1-2H3,(H,17,20). The zero-order valence-corrected chi connectivity index (χ0v) is 12.6. The molecule has 2 aromatic rings. The van der Waals surface area contributed by atoms with E-state index >= 15 is 0 Å². The predicted molar refractivity (Wildman–Crippen MR) is 79.7 cm³/mol. The summed E-state index contributed by atoms with van der Waals surface area (Å²) in [6.45, 7) is 3.68. The molecule has 0 saturated heterocycles. The minimum absolute atomic E-state index is 0.222. The van der Waals surface area contributed by atoms with Crippen LogP contribution in [0.15, 0.2) is 28.8 Å². The molecule has 2 rings (SSSR count). The minimum Gasteiger partial charge on any atom is -0.354 e. The van der Waals surface area contributed by atoms with Gasteiger partial charge in [-0.3, -0.25) is 4.79 Å². The molecule has 1 heterocycles. The van der Waals surface area contributed by atoms with Crippen molar-refractivity contribution in [2.75, 3.05) is 6.54 Å². The van der Waals surface area contributed by atoms with Crippen LogP contribution in [-0.4, -0.2) is 28.1 Å². The number of hydrogen-bond acceptors (Lipinski definition) is 5. The Morgan fingerprint density at radius 2 is 2.05 bits per heavy atom.